The van der Waals surface area contributed by atoms with Gasteiger partial charge in [-0.2, -0.15) is 0 Å². The van der Waals surface area contributed by atoms with Gasteiger partial charge in [-0.25, -0.2) is 4.79 Å². The molecule has 4 rings (SSSR count). The van der Waals surface area contributed by atoms with Gasteiger partial charge in [-0.15, -0.1) is 0 Å². The molecule has 1 aliphatic rings. The van der Waals surface area contributed by atoms with Crippen molar-refractivity contribution >= 4 is 16.8 Å². The summed E-state index contributed by atoms with van der Waals surface area (Å²) in [5, 5.41) is 11.6. The molecule has 1 fully saturated rings. The second-order valence-corrected chi connectivity index (χ2v) is 8.11. The smallest absolute Gasteiger partial charge is 0.343 e. The predicted molar refractivity (Wildman–Crippen MR) is 117 cm³/mol. The highest BCUT2D eigenvalue weighted by atomic mass is 16.4. The third-order valence-electron chi connectivity index (χ3n) is 6.12. The lowest BCUT2D eigenvalue weighted by Gasteiger charge is -2.33. The summed E-state index contributed by atoms with van der Waals surface area (Å²) in [5.41, 5.74) is 0.737. The van der Waals surface area contributed by atoms with Crippen LogP contribution in [0.3, 0.4) is 0 Å². The third-order valence-corrected chi connectivity index (χ3v) is 6.12. The van der Waals surface area contributed by atoms with Crippen molar-refractivity contribution < 1.29 is 14.3 Å². The van der Waals surface area contributed by atoms with E-state index in [0.29, 0.717) is 17.5 Å². The number of piperidine rings is 1. The molecule has 2 atom stereocenters. The summed E-state index contributed by atoms with van der Waals surface area (Å²) in [7, 11) is 0. The molecule has 0 bridgehead atoms. The van der Waals surface area contributed by atoms with Crippen molar-refractivity contribution in [1.29, 1.82) is 0 Å². The van der Waals surface area contributed by atoms with Crippen molar-refractivity contribution in [3.8, 4) is 5.75 Å². The number of nitrogens with zero attached hydrogens (tertiary/aromatic N) is 1. The third kappa shape index (κ3) is 4.03. The molecule has 1 saturated heterocycles. The SMILES string of the molecule is CC(=O)C(CN1CCCCC1)C(c1ccccc1)c1c(O)c2ccccc2oc1=O. The van der Waals surface area contributed by atoms with Crippen molar-refractivity contribution in [3.63, 3.8) is 0 Å². The van der Waals surface area contributed by atoms with Gasteiger partial charge in [0, 0.05) is 18.4 Å². The minimum absolute atomic E-state index is 0.00128. The molecule has 1 N–H and O–H groups in total. The van der Waals surface area contributed by atoms with E-state index in [9.17, 15) is 14.7 Å². The van der Waals surface area contributed by atoms with Gasteiger partial charge >= 0.3 is 5.63 Å². The molecule has 5 nitrogen and oxygen atoms in total. The highest BCUT2D eigenvalue weighted by molar-refractivity contribution is 5.86. The quantitative estimate of drug-likeness (QED) is 0.619. The number of likely N-dealkylation sites (tertiary alicyclic amines) is 1. The van der Waals surface area contributed by atoms with E-state index in [4.69, 9.17) is 4.42 Å². The van der Waals surface area contributed by atoms with Gasteiger partial charge in [-0.05, 0) is 50.6 Å². The van der Waals surface area contributed by atoms with Crippen LogP contribution in [0.15, 0.2) is 63.8 Å². The Morgan fingerprint density at radius 2 is 1.70 bits per heavy atom. The lowest BCUT2D eigenvalue weighted by Crippen LogP contribution is -2.39. The normalized spacial score (nSPS) is 17.0. The summed E-state index contributed by atoms with van der Waals surface area (Å²) in [4.78, 5) is 28.2. The molecule has 156 valence electrons. The Hall–Kier alpha value is -2.92. The Labute approximate surface area is 175 Å². The second-order valence-electron chi connectivity index (χ2n) is 8.11. The fourth-order valence-electron chi connectivity index (χ4n) is 4.57. The van der Waals surface area contributed by atoms with Crippen LogP contribution < -0.4 is 5.63 Å². The monoisotopic (exact) mass is 405 g/mol. The predicted octanol–water partition coefficient (Wildman–Crippen LogP) is 4.32. The first kappa shape index (κ1) is 20.4. The van der Waals surface area contributed by atoms with Gasteiger partial charge in [-0.3, -0.25) is 4.79 Å². The summed E-state index contributed by atoms with van der Waals surface area (Å²) < 4.78 is 5.56. The molecular weight excluding hydrogens is 378 g/mol. The maximum absolute atomic E-state index is 13.0. The number of benzene rings is 2. The van der Waals surface area contributed by atoms with E-state index in [0.717, 1.165) is 31.5 Å². The number of para-hydroxylation sites is 1. The molecule has 2 unspecified atom stereocenters. The van der Waals surface area contributed by atoms with Crippen LogP contribution in [-0.2, 0) is 4.79 Å². The fraction of sp³-hybridized carbons (Fsp3) is 0.360. The van der Waals surface area contributed by atoms with Crippen LogP contribution in [0.5, 0.6) is 5.75 Å². The highest BCUT2D eigenvalue weighted by Crippen LogP contribution is 2.39. The summed E-state index contributed by atoms with van der Waals surface area (Å²) in [6.07, 6.45) is 3.44. The molecule has 2 heterocycles. The Kier molecular flexibility index (Phi) is 6.00. The fourth-order valence-corrected chi connectivity index (χ4v) is 4.57. The first-order chi connectivity index (χ1) is 14.6. The number of ketones is 1. The van der Waals surface area contributed by atoms with Crippen molar-refractivity contribution in [2.45, 2.75) is 32.1 Å². The first-order valence-corrected chi connectivity index (χ1v) is 10.6. The van der Waals surface area contributed by atoms with Gasteiger partial charge in [-0.1, -0.05) is 48.9 Å². The van der Waals surface area contributed by atoms with Crippen LogP contribution in [0, 0.1) is 5.92 Å². The Bertz CT molecular complexity index is 1080. The van der Waals surface area contributed by atoms with Gasteiger partial charge < -0.3 is 14.4 Å². The lowest BCUT2D eigenvalue weighted by molar-refractivity contribution is -0.121. The lowest BCUT2D eigenvalue weighted by atomic mass is 9.78. The zero-order chi connectivity index (χ0) is 21.1. The number of hydrogen-bond donors (Lipinski definition) is 1. The zero-order valence-corrected chi connectivity index (χ0v) is 17.2. The summed E-state index contributed by atoms with van der Waals surface area (Å²) in [6.45, 7) is 4.03. The molecule has 3 aromatic rings. The highest BCUT2D eigenvalue weighted by Gasteiger charge is 2.35. The molecule has 0 amide bonds. The van der Waals surface area contributed by atoms with Crippen molar-refractivity contribution in [2.24, 2.45) is 5.92 Å². The van der Waals surface area contributed by atoms with Crippen LogP contribution in [0.1, 0.15) is 43.2 Å². The second kappa shape index (κ2) is 8.84. The van der Waals surface area contributed by atoms with E-state index < -0.39 is 17.5 Å². The van der Waals surface area contributed by atoms with Crippen LogP contribution in [0.25, 0.3) is 11.0 Å². The topological polar surface area (TPSA) is 70.8 Å². The minimum atomic E-state index is -0.593. The molecule has 0 spiro atoms. The zero-order valence-electron chi connectivity index (χ0n) is 17.2. The summed E-state index contributed by atoms with van der Waals surface area (Å²) in [5.74, 6) is -1.13. The minimum Gasteiger partial charge on any atom is -0.507 e. The maximum atomic E-state index is 13.0. The van der Waals surface area contributed by atoms with E-state index in [1.54, 1.807) is 31.2 Å². The Balaban J connectivity index is 1.87. The number of carbonyl (C=O) groups is 1. The van der Waals surface area contributed by atoms with Gasteiger partial charge in [0.05, 0.1) is 10.9 Å². The van der Waals surface area contributed by atoms with Gasteiger partial charge in [0.1, 0.15) is 17.1 Å². The molecular formula is C25H27NO4. The van der Waals surface area contributed by atoms with Crippen molar-refractivity contribution in [2.75, 3.05) is 19.6 Å². The Morgan fingerprint density at radius 1 is 1.03 bits per heavy atom. The average Bonchev–Trinajstić information content (AvgIpc) is 2.76. The van der Waals surface area contributed by atoms with Crippen molar-refractivity contribution in [1.82, 2.24) is 4.90 Å². The number of aromatic hydroxyl groups is 1. The number of rotatable bonds is 6. The van der Waals surface area contributed by atoms with Crippen LogP contribution >= 0.6 is 0 Å². The van der Waals surface area contributed by atoms with Crippen LogP contribution in [0.4, 0.5) is 0 Å². The molecule has 0 aliphatic carbocycles. The van der Waals surface area contributed by atoms with Gasteiger partial charge in [0.2, 0.25) is 0 Å². The van der Waals surface area contributed by atoms with Crippen molar-refractivity contribution in [3.05, 3.63) is 76.1 Å². The van der Waals surface area contributed by atoms with E-state index >= 15 is 0 Å². The van der Waals surface area contributed by atoms with Crippen LogP contribution in [-0.4, -0.2) is 35.4 Å². The number of carbonyl (C=O) groups excluding carboxylic acids is 1. The van der Waals surface area contributed by atoms with E-state index in [-0.39, 0.29) is 17.1 Å². The van der Waals surface area contributed by atoms with E-state index in [1.165, 1.54) is 6.42 Å². The molecule has 5 heteroatoms. The summed E-state index contributed by atoms with van der Waals surface area (Å²) >= 11 is 0. The molecule has 0 saturated carbocycles. The van der Waals surface area contributed by atoms with Gasteiger partial charge in [0.15, 0.2) is 0 Å². The number of Topliss-reactive ketones (excluding diaryl/α,β-unsaturated/α-hetero) is 1. The van der Waals surface area contributed by atoms with Crippen LogP contribution in [0.2, 0.25) is 0 Å². The first-order valence-electron chi connectivity index (χ1n) is 10.6. The van der Waals surface area contributed by atoms with Gasteiger partial charge in [0.25, 0.3) is 0 Å². The molecule has 30 heavy (non-hydrogen) atoms. The number of hydrogen-bond acceptors (Lipinski definition) is 5. The standard InChI is InChI=1S/C25H27NO4/c1-17(27)20(16-26-14-8-3-9-15-26)22(18-10-4-2-5-11-18)23-24(28)19-12-6-7-13-21(19)30-25(23)29/h2,4-7,10-13,20,22,28H,3,8-9,14-16H2,1H3. The largest absolute Gasteiger partial charge is 0.507 e. The molecule has 0 radical (unpaired) electrons. The maximum Gasteiger partial charge on any atom is 0.343 e. The van der Waals surface area contributed by atoms with E-state index in [2.05, 4.69) is 4.90 Å². The molecule has 2 aromatic carbocycles. The van der Waals surface area contributed by atoms with E-state index in [1.807, 2.05) is 30.3 Å². The Morgan fingerprint density at radius 3 is 2.40 bits per heavy atom. The molecule has 1 aliphatic heterocycles. The molecule has 1 aromatic heterocycles. The summed E-state index contributed by atoms with van der Waals surface area (Å²) in [6, 6.07) is 16.4. The average molecular weight is 405 g/mol. The number of fused-ring (bicyclic) bond motifs is 1.